The number of carbonyl (C=O) groups is 1. The second kappa shape index (κ2) is 8.36. The van der Waals surface area contributed by atoms with Gasteiger partial charge in [0.25, 0.3) is 5.91 Å². The Morgan fingerprint density at radius 3 is 2.81 bits per heavy atom. The Morgan fingerprint density at radius 2 is 2.11 bits per heavy atom. The fourth-order valence-electron chi connectivity index (χ4n) is 2.69. The third-order valence-corrected chi connectivity index (χ3v) is 4.73. The van der Waals surface area contributed by atoms with Crippen molar-refractivity contribution in [3.8, 4) is 5.75 Å². The van der Waals surface area contributed by atoms with Gasteiger partial charge in [0.2, 0.25) is 0 Å². The fraction of sp³-hybridized carbons (Fsp3) is 0.278. The molecule has 1 aliphatic heterocycles. The number of halogens is 3. The maximum Gasteiger partial charge on any atom is 0.253 e. The van der Waals surface area contributed by atoms with Gasteiger partial charge in [-0.2, -0.15) is 0 Å². The summed E-state index contributed by atoms with van der Waals surface area (Å²) < 4.78 is 35.1. The molecule has 1 amide bonds. The molecule has 0 aliphatic carbocycles. The van der Waals surface area contributed by atoms with Crippen LogP contribution in [0, 0.1) is 15.2 Å². The summed E-state index contributed by atoms with van der Waals surface area (Å²) in [6, 6.07) is 5.86. The van der Waals surface area contributed by atoms with Crippen molar-refractivity contribution in [2.24, 2.45) is 0 Å². The molecule has 0 saturated carbocycles. The largest absolute Gasteiger partial charge is 0.490 e. The Bertz CT molecular complexity index is 879. The van der Waals surface area contributed by atoms with E-state index in [1.807, 2.05) is 22.6 Å². The summed E-state index contributed by atoms with van der Waals surface area (Å²) in [6.45, 7) is -0.439. The van der Waals surface area contributed by atoms with Gasteiger partial charge in [0, 0.05) is 22.1 Å². The number of anilines is 2. The summed E-state index contributed by atoms with van der Waals surface area (Å²) >= 11 is 1.95. The highest BCUT2D eigenvalue weighted by Gasteiger charge is 2.27. The first-order valence-electron chi connectivity index (χ1n) is 8.18. The zero-order chi connectivity index (χ0) is 19.6. The van der Waals surface area contributed by atoms with Crippen LogP contribution in [0.1, 0.15) is 15.9 Å². The second-order valence-electron chi connectivity index (χ2n) is 6.00. The molecule has 1 aliphatic rings. The van der Waals surface area contributed by atoms with Crippen LogP contribution in [0.3, 0.4) is 0 Å². The van der Waals surface area contributed by atoms with Crippen LogP contribution in [0.2, 0.25) is 0 Å². The molecule has 4 N–H and O–H groups in total. The minimum Gasteiger partial charge on any atom is -0.490 e. The van der Waals surface area contributed by atoms with Crippen LogP contribution in [0.15, 0.2) is 24.3 Å². The van der Waals surface area contributed by atoms with Crippen molar-refractivity contribution in [1.82, 2.24) is 5.32 Å². The highest BCUT2D eigenvalue weighted by atomic mass is 127. The molecule has 1 atom stereocenters. The number of benzene rings is 2. The van der Waals surface area contributed by atoms with E-state index in [1.54, 1.807) is 6.07 Å². The Hall–Kier alpha value is -1.98. The fourth-order valence-corrected chi connectivity index (χ4v) is 3.14. The normalized spacial score (nSPS) is 13.7. The van der Waals surface area contributed by atoms with Gasteiger partial charge in [0.05, 0.1) is 36.3 Å². The molecule has 0 fully saturated rings. The van der Waals surface area contributed by atoms with E-state index in [0.29, 0.717) is 15.6 Å². The quantitative estimate of drug-likeness (QED) is 0.467. The van der Waals surface area contributed by atoms with E-state index >= 15 is 0 Å². The van der Waals surface area contributed by atoms with Gasteiger partial charge in [-0.3, -0.25) is 4.79 Å². The Kier molecular flexibility index (Phi) is 6.12. The molecule has 0 radical (unpaired) electrons. The van der Waals surface area contributed by atoms with Gasteiger partial charge in [-0.05, 0) is 46.9 Å². The summed E-state index contributed by atoms with van der Waals surface area (Å²) in [4.78, 5) is 12.5. The number of ether oxygens (including phenoxy) is 1. The smallest absolute Gasteiger partial charge is 0.253 e. The summed E-state index contributed by atoms with van der Waals surface area (Å²) in [7, 11) is 0. The molecule has 0 aromatic heterocycles. The van der Waals surface area contributed by atoms with Crippen LogP contribution in [-0.2, 0) is 6.42 Å². The Balaban J connectivity index is 1.99. The first-order chi connectivity index (χ1) is 12.9. The molecular formula is C18H17F2IN2O4. The molecule has 3 rings (SSSR count). The van der Waals surface area contributed by atoms with E-state index < -0.39 is 30.3 Å². The van der Waals surface area contributed by atoms with E-state index in [1.165, 1.54) is 18.2 Å². The summed E-state index contributed by atoms with van der Waals surface area (Å²) in [5.74, 6) is -2.00. The van der Waals surface area contributed by atoms with Crippen LogP contribution in [0.5, 0.6) is 5.75 Å². The van der Waals surface area contributed by atoms with Crippen molar-refractivity contribution >= 4 is 39.9 Å². The lowest BCUT2D eigenvalue weighted by atomic mass is 10.0. The van der Waals surface area contributed by atoms with Crippen LogP contribution in [0.4, 0.5) is 20.2 Å². The minimum absolute atomic E-state index is 0.0108. The molecule has 27 heavy (non-hydrogen) atoms. The van der Waals surface area contributed by atoms with Crippen molar-refractivity contribution in [2.75, 3.05) is 25.1 Å². The van der Waals surface area contributed by atoms with Crippen LogP contribution < -0.4 is 15.4 Å². The highest BCUT2D eigenvalue weighted by molar-refractivity contribution is 14.1. The van der Waals surface area contributed by atoms with Crippen molar-refractivity contribution < 1.29 is 28.5 Å². The average Bonchev–Trinajstić information content (AvgIpc) is 3.12. The number of nitrogens with one attached hydrogen (secondary N) is 2. The van der Waals surface area contributed by atoms with E-state index in [-0.39, 0.29) is 35.8 Å². The lowest BCUT2D eigenvalue weighted by Crippen LogP contribution is -2.34. The van der Waals surface area contributed by atoms with Gasteiger partial charge in [0.1, 0.15) is 5.82 Å². The van der Waals surface area contributed by atoms with Gasteiger partial charge in [-0.1, -0.05) is 0 Å². The standard InChI is InChI=1S/C18H17F2IN2O4/c19-13-6-10(21)1-2-14(13)23-16-12(18(26)22-7-11(25)8-24)5-9-3-4-27-17(9)15(16)20/h1-2,5-6,11,23-25H,3-4,7-8H2,(H,22,26)/t11-/m0/s1. The monoisotopic (exact) mass is 490 g/mol. The Labute approximate surface area is 167 Å². The number of hydrogen-bond donors (Lipinski definition) is 4. The second-order valence-corrected chi connectivity index (χ2v) is 7.24. The first kappa shape index (κ1) is 19.8. The zero-order valence-corrected chi connectivity index (χ0v) is 16.2. The van der Waals surface area contributed by atoms with Gasteiger partial charge in [-0.25, -0.2) is 8.78 Å². The van der Waals surface area contributed by atoms with Crippen molar-refractivity contribution in [3.63, 3.8) is 0 Å². The third kappa shape index (κ3) is 4.30. The lowest BCUT2D eigenvalue weighted by molar-refractivity contribution is 0.0802. The number of rotatable bonds is 6. The van der Waals surface area contributed by atoms with E-state index in [4.69, 9.17) is 9.84 Å². The predicted molar refractivity (Wildman–Crippen MR) is 103 cm³/mol. The molecular weight excluding hydrogens is 473 g/mol. The summed E-state index contributed by atoms with van der Waals surface area (Å²) in [6.07, 6.45) is -0.689. The van der Waals surface area contributed by atoms with Crippen molar-refractivity contribution in [2.45, 2.75) is 12.5 Å². The van der Waals surface area contributed by atoms with Crippen LogP contribution in [-0.4, -0.2) is 42.0 Å². The summed E-state index contributed by atoms with van der Waals surface area (Å²) in [5.41, 5.74) is 0.289. The SMILES string of the molecule is O=C(NC[C@H](O)CO)c1cc2c(c(F)c1Nc1ccc(I)cc1F)OCC2. The van der Waals surface area contributed by atoms with E-state index in [0.717, 1.165) is 0 Å². The van der Waals surface area contributed by atoms with Gasteiger partial charge in [-0.15, -0.1) is 0 Å². The number of carbonyl (C=O) groups excluding carboxylic acids is 1. The molecule has 2 aromatic carbocycles. The number of aliphatic hydroxyl groups excluding tert-OH is 2. The van der Waals surface area contributed by atoms with E-state index in [9.17, 15) is 18.7 Å². The van der Waals surface area contributed by atoms with Gasteiger partial charge in [0.15, 0.2) is 11.6 Å². The number of amides is 1. The van der Waals surface area contributed by atoms with Gasteiger partial charge >= 0.3 is 0 Å². The van der Waals surface area contributed by atoms with Gasteiger partial charge < -0.3 is 25.6 Å². The molecule has 6 nitrogen and oxygen atoms in total. The van der Waals surface area contributed by atoms with E-state index in [2.05, 4.69) is 10.6 Å². The predicted octanol–water partition coefficient (Wildman–Crippen LogP) is 2.33. The molecule has 2 aromatic rings. The zero-order valence-electron chi connectivity index (χ0n) is 14.1. The van der Waals surface area contributed by atoms with Crippen LogP contribution >= 0.6 is 22.6 Å². The number of hydrogen-bond acceptors (Lipinski definition) is 5. The topological polar surface area (TPSA) is 90.8 Å². The maximum atomic E-state index is 15.0. The lowest BCUT2D eigenvalue weighted by Gasteiger charge is -2.17. The molecule has 1 heterocycles. The molecule has 9 heteroatoms. The maximum absolute atomic E-state index is 15.0. The molecule has 0 unspecified atom stereocenters. The van der Waals surface area contributed by atoms with Crippen LogP contribution in [0.25, 0.3) is 0 Å². The molecule has 0 saturated heterocycles. The minimum atomic E-state index is -1.14. The molecule has 144 valence electrons. The number of fused-ring (bicyclic) bond motifs is 1. The first-order valence-corrected chi connectivity index (χ1v) is 9.26. The molecule has 0 spiro atoms. The van der Waals surface area contributed by atoms with Crippen molar-refractivity contribution in [3.05, 3.63) is 50.6 Å². The summed E-state index contributed by atoms with van der Waals surface area (Å²) in [5, 5.41) is 23.3. The number of aliphatic hydroxyl groups is 2. The highest BCUT2D eigenvalue weighted by Crippen LogP contribution is 2.38. The van der Waals surface area contributed by atoms with Crippen molar-refractivity contribution in [1.29, 1.82) is 0 Å². The third-order valence-electron chi connectivity index (χ3n) is 4.06. The Morgan fingerprint density at radius 1 is 1.33 bits per heavy atom. The molecule has 0 bridgehead atoms. The average molecular weight is 490 g/mol.